The van der Waals surface area contributed by atoms with Gasteiger partial charge in [0, 0.05) is 34.3 Å². The first-order valence-electron chi connectivity index (χ1n) is 47.7. The van der Waals surface area contributed by atoms with Gasteiger partial charge in [0.15, 0.2) is 0 Å². The van der Waals surface area contributed by atoms with Crippen LogP contribution in [-0.2, 0) is 30.4 Å². The third-order valence-electron chi connectivity index (χ3n) is 23.4. The molecule has 4 heterocycles. The standard InChI is InChI=1S/C30H38N2Si3.C30H36N2Si3.C24H36B2O4Si.6C6H6.Pt/c2*1-21-15-27(31-19-29(21)34(3,4)5)23-11-9-13-25(17-23)33-26-14-10-12-24(18-26)28-16-22(2)30(20-32-28)35(6,7)8;1-21(2,27)23(5,6)29-25-17-11-9-13-19(15-17)31-20-14-10-12-18(16-20)26-30-24(7,8)22(3,4)28;6*1-2-4-6-5-3-1;/h9-20H,33H2,1-8H3;9-16,19-20H,33H2,1-8H3;9-16,27-28H,31H2,1-8H3;6*1-6H;/q;-2;;;;;;;;+2. The summed E-state index contributed by atoms with van der Waals surface area (Å²) in [6.07, 6.45) is 8.42. The van der Waals surface area contributed by atoms with Crippen LogP contribution in [0.3, 0.4) is 0 Å². The number of aromatic nitrogens is 4. The quantitative estimate of drug-likeness (QED) is 0.0510. The largest absolute Gasteiger partial charge is 2.00 e. The molecule has 0 amide bonds. The molecule has 18 heteroatoms. The van der Waals surface area contributed by atoms with Gasteiger partial charge >= 0.3 is 36.0 Å². The maximum Gasteiger partial charge on any atom is 2.00 e. The molecule has 0 fully saturated rings. The smallest absolute Gasteiger partial charge is 0.427 e. The molecule has 0 saturated heterocycles. The van der Waals surface area contributed by atoms with Crippen LogP contribution in [0.5, 0.6) is 0 Å². The second-order valence-corrected chi connectivity index (χ2v) is 66.7. The summed E-state index contributed by atoms with van der Waals surface area (Å²) in [7, 11) is -4.07. The Hall–Kier alpha value is -10.6. The Labute approximate surface area is 856 Å². The molecular weight excluding hydrogens is 1970 g/mol. The van der Waals surface area contributed by atoms with E-state index in [-0.39, 0.29) is 21.1 Å². The zero-order valence-electron chi connectivity index (χ0n) is 86.2. The first kappa shape index (κ1) is 114. The monoisotopic (exact) mass is 2120 g/mol. The molecular formula is C120H146B2N4O4PtSi7. The van der Waals surface area contributed by atoms with Crippen molar-refractivity contribution in [1.82, 2.24) is 19.9 Å². The average molecular weight is 2120 g/mol. The van der Waals surface area contributed by atoms with Gasteiger partial charge in [-0.3, -0.25) is 9.97 Å². The number of nitrogens with zero attached hydrogens (tertiary/aromatic N) is 4. The molecule has 2 N–H and O–H groups in total. The van der Waals surface area contributed by atoms with Gasteiger partial charge in [0.2, 0.25) is 0 Å². The Bertz CT molecular complexity index is 5320. The van der Waals surface area contributed by atoms with E-state index in [1.165, 1.54) is 85.2 Å². The maximum atomic E-state index is 10.3. The summed E-state index contributed by atoms with van der Waals surface area (Å²) < 4.78 is 11.8. The van der Waals surface area contributed by atoms with Crippen molar-refractivity contribution in [2.45, 2.75) is 184 Å². The molecule has 0 atom stereocenters. The van der Waals surface area contributed by atoms with Crippen molar-refractivity contribution in [2.24, 2.45) is 0 Å². The van der Waals surface area contributed by atoms with E-state index in [0.29, 0.717) is 0 Å². The molecule has 12 aromatic carbocycles. The van der Waals surface area contributed by atoms with Crippen molar-refractivity contribution in [1.29, 1.82) is 0 Å². The van der Waals surface area contributed by atoms with Crippen LogP contribution in [0, 0.1) is 39.8 Å². The van der Waals surface area contributed by atoms with Gasteiger partial charge < -0.3 is 29.5 Å². The third kappa shape index (κ3) is 40.3. The molecule has 0 aliphatic rings. The summed E-state index contributed by atoms with van der Waals surface area (Å²) in [6.45, 7) is 51.9. The van der Waals surface area contributed by atoms with Crippen molar-refractivity contribution in [3.63, 3.8) is 0 Å². The number of hydrogen-bond acceptors (Lipinski definition) is 8. The normalized spacial score (nSPS) is 11.2. The minimum absolute atomic E-state index is 0. The van der Waals surface area contributed by atoms with Crippen LogP contribution < -0.4 is 62.8 Å². The Kier molecular flexibility index (Phi) is 46.4. The molecule has 0 aliphatic heterocycles. The third-order valence-corrected chi connectivity index (χ3v) is 36.9. The summed E-state index contributed by atoms with van der Waals surface area (Å²) in [4.78, 5) is 19.3. The topological polar surface area (TPSA) is 110 Å². The first-order valence-corrected chi connectivity index (χ1v) is 65.9. The fraction of sp³-hybridized carbons (Fsp3) is 0.233. The van der Waals surface area contributed by atoms with Crippen molar-refractivity contribution >= 4 is 139 Å². The van der Waals surface area contributed by atoms with E-state index in [2.05, 4.69) is 277 Å². The van der Waals surface area contributed by atoms with Crippen LogP contribution in [0.15, 0.2) is 401 Å². The Balaban J connectivity index is 0.000000236. The molecule has 16 aromatic rings. The van der Waals surface area contributed by atoms with Gasteiger partial charge in [-0.25, -0.2) is 0 Å². The van der Waals surface area contributed by atoms with E-state index in [1.807, 2.05) is 270 Å². The van der Waals surface area contributed by atoms with Crippen molar-refractivity contribution in [3.8, 4) is 45.0 Å². The Morgan fingerprint density at radius 1 is 0.261 bits per heavy atom. The van der Waals surface area contributed by atoms with E-state index in [0.717, 1.165) is 44.8 Å². The molecule has 138 heavy (non-hydrogen) atoms. The second-order valence-electron chi connectivity index (χ2n) is 40.7. The van der Waals surface area contributed by atoms with Crippen LogP contribution in [0.4, 0.5) is 0 Å². The molecule has 714 valence electrons. The van der Waals surface area contributed by atoms with E-state index in [1.54, 1.807) is 42.7 Å². The van der Waals surface area contributed by atoms with E-state index >= 15 is 0 Å². The van der Waals surface area contributed by atoms with Crippen molar-refractivity contribution < 1.29 is 40.6 Å². The SMILES string of the molecule is CC(C)(O)C(C)(C)O[B]c1cccc([SiH2]c2cccc([B]OC(C)(C)C(C)(C)O)c2)c1.Cc1cc(-c2[c-]c([SiH2]c3[c-]c(-c4cc(C)c([Si](C)(C)C)cn4)ccc3)ccc2)ncc1[Si](C)(C)C.Cc1cc(-c2cccc([SiH2]c3cccc(-c4cc(C)c([Si](C)(C)C)cn4)c3)c2)ncc1[Si](C)(C)C.[Pt+2].c1ccccc1.c1ccccc1.c1ccccc1.c1ccccc1.c1ccccc1.c1ccccc1. The van der Waals surface area contributed by atoms with E-state index < -0.39 is 83.3 Å². The number of hydrogen-bond donors (Lipinski definition) is 2. The summed E-state index contributed by atoms with van der Waals surface area (Å²) in [5, 5.41) is 34.3. The minimum atomic E-state index is -1.39. The number of rotatable bonds is 22. The molecule has 0 bridgehead atoms. The van der Waals surface area contributed by atoms with E-state index in [9.17, 15) is 10.2 Å². The molecule has 8 nitrogen and oxygen atoms in total. The van der Waals surface area contributed by atoms with Crippen LogP contribution in [0.2, 0.25) is 78.6 Å². The second kappa shape index (κ2) is 56.0. The molecule has 0 unspecified atom stereocenters. The number of benzene rings is 12. The predicted octanol–water partition coefficient (Wildman–Crippen LogP) is 19.4. The van der Waals surface area contributed by atoms with Gasteiger partial charge in [-0.2, -0.15) is 0 Å². The van der Waals surface area contributed by atoms with Crippen LogP contribution in [0.25, 0.3) is 45.0 Å². The minimum Gasteiger partial charge on any atom is -0.427 e. The molecule has 0 saturated carbocycles. The first-order chi connectivity index (χ1) is 64.9. The van der Waals surface area contributed by atoms with Crippen molar-refractivity contribution in [3.05, 3.63) is 435 Å². The molecule has 16 rings (SSSR count). The molecule has 2 radical (unpaired) electrons. The average Bonchev–Trinajstić information content (AvgIpc) is 0.809. The zero-order chi connectivity index (χ0) is 99.7. The molecule has 0 spiro atoms. The van der Waals surface area contributed by atoms with Gasteiger partial charge in [0.05, 0.1) is 85.1 Å². The predicted molar refractivity (Wildman–Crippen MR) is 616 cm³/mol. The molecule has 0 aliphatic carbocycles. The maximum absolute atomic E-state index is 10.3. The summed E-state index contributed by atoms with van der Waals surface area (Å²) in [6, 6.07) is 136. The number of aryl methyl sites for hydroxylation is 4. The van der Waals surface area contributed by atoms with E-state index in [4.69, 9.17) is 29.2 Å². The Morgan fingerprint density at radius 3 is 0.696 bits per heavy atom. The number of aliphatic hydroxyl groups is 2. The van der Waals surface area contributed by atoms with Gasteiger partial charge in [0.1, 0.15) is 0 Å². The van der Waals surface area contributed by atoms with Crippen molar-refractivity contribution in [2.75, 3.05) is 0 Å². The Morgan fingerprint density at radius 2 is 0.471 bits per heavy atom. The number of pyridine rings is 4. The van der Waals surface area contributed by atoms with Crippen LogP contribution in [-0.4, -0.2) is 128 Å². The van der Waals surface area contributed by atoms with Gasteiger partial charge in [-0.15, -0.1) is 70.0 Å². The summed E-state index contributed by atoms with van der Waals surface area (Å²) in [5.41, 5.74) is 12.9. The van der Waals surface area contributed by atoms with Gasteiger partial charge in [-0.05, 0) is 150 Å². The van der Waals surface area contributed by atoms with Crippen LogP contribution >= 0.6 is 0 Å². The zero-order valence-corrected chi connectivity index (χ0v) is 96.7. The molecule has 4 aromatic heterocycles. The fourth-order valence-electron chi connectivity index (χ4n) is 14.5. The summed E-state index contributed by atoms with van der Waals surface area (Å²) in [5.74, 6) is 0. The fourth-order valence-corrected chi connectivity index (χ4v) is 26.0. The van der Waals surface area contributed by atoms with Crippen LogP contribution in [0.1, 0.15) is 77.6 Å². The van der Waals surface area contributed by atoms with Gasteiger partial charge in [0.25, 0.3) is 0 Å². The summed E-state index contributed by atoms with van der Waals surface area (Å²) >= 11 is 0. The van der Waals surface area contributed by atoms with Gasteiger partial charge in [-0.1, -0.05) is 449 Å².